The maximum absolute atomic E-state index is 13.8. The summed E-state index contributed by atoms with van der Waals surface area (Å²) >= 11 is 0. The summed E-state index contributed by atoms with van der Waals surface area (Å²) in [6, 6.07) is 14.5. The molecule has 1 aliphatic heterocycles. The summed E-state index contributed by atoms with van der Waals surface area (Å²) in [5.74, 6) is -2.02. The molecule has 0 saturated carbocycles. The molecule has 0 amide bonds. The van der Waals surface area contributed by atoms with Gasteiger partial charge in [-0.05, 0) is 36.1 Å². The standard InChI is InChI=1S/C25H27NO6S/c1-16(2)21-15-20(18-9-7-6-8-10-18)22(24(27)31-4)23(25(28)32-5)26(21)33(29,30)19-13-11-17(3)12-14-19/h6-16,21H,1-5H3. The Morgan fingerprint density at radius 3 is 2.00 bits per heavy atom. The van der Waals surface area contributed by atoms with E-state index in [1.54, 1.807) is 42.5 Å². The molecule has 0 aromatic heterocycles. The third kappa shape index (κ3) is 4.57. The zero-order chi connectivity index (χ0) is 24.3. The van der Waals surface area contributed by atoms with Gasteiger partial charge in [-0.2, -0.15) is 0 Å². The molecular weight excluding hydrogens is 442 g/mol. The molecule has 0 radical (unpaired) electrons. The molecular formula is C25H27NO6S. The van der Waals surface area contributed by atoms with E-state index in [9.17, 15) is 18.0 Å². The zero-order valence-electron chi connectivity index (χ0n) is 19.2. The summed E-state index contributed by atoms with van der Waals surface area (Å²) in [6.45, 7) is 5.54. The van der Waals surface area contributed by atoms with Gasteiger partial charge >= 0.3 is 11.9 Å². The number of aryl methyl sites for hydroxylation is 1. The zero-order valence-corrected chi connectivity index (χ0v) is 20.0. The predicted octanol–water partition coefficient (Wildman–Crippen LogP) is 3.71. The van der Waals surface area contributed by atoms with E-state index in [-0.39, 0.29) is 22.1 Å². The lowest BCUT2D eigenvalue weighted by Gasteiger charge is -2.38. The molecule has 3 rings (SSSR count). The van der Waals surface area contributed by atoms with Crippen LogP contribution in [0.5, 0.6) is 0 Å². The van der Waals surface area contributed by atoms with Crippen LogP contribution in [0.4, 0.5) is 0 Å². The second-order valence-corrected chi connectivity index (χ2v) is 9.82. The molecule has 2 aromatic rings. The van der Waals surface area contributed by atoms with Crippen LogP contribution < -0.4 is 0 Å². The number of benzene rings is 2. The Morgan fingerprint density at radius 2 is 1.48 bits per heavy atom. The van der Waals surface area contributed by atoms with Crippen molar-refractivity contribution in [3.05, 3.63) is 83.1 Å². The van der Waals surface area contributed by atoms with Crippen molar-refractivity contribution in [2.24, 2.45) is 5.92 Å². The minimum absolute atomic E-state index is 0.000861. The summed E-state index contributed by atoms with van der Waals surface area (Å²) in [6.07, 6.45) is 1.70. The first-order valence-corrected chi connectivity index (χ1v) is 11.9. The van der Waals surface area contributed by atoms with Crippen LogP contribution in [-0.4, -0.2) is 44.9 Å². The van der Waals surface area contributed by atoms with Gasteiger partial charge in [0.2, 0.25) is 0 Å². The summed E-state index contributed by atoms with van der Waals surface area (Å²) < 4.78 is 38.6. The van der Waals surface area contributed by atoms with Crippen molar-refractivity contribution in [1.29, 1.82) is 0 Å². The van der Waals surface area contributed by atoms with Gasteiger partial charge in [-0.1, -0.05) is 68.0 Å². The highest BCUT2D eigenvalue weighted by Gasteiger charge is 2.44. The molecule has 33 heavy (non-hydrogen) atoms. The van der Waals surface area contributed by atoms with Gasteiger partial charge < -0.3 is 9.47 Å². The van der Waals surface area contributed by atoms with Crippen molar-refractivity contribution < 1.29 is 27.5 Å². The van der Waals surface area contributed by atoms with E-state index in [1.165, 1.54) is 19.2 Å². The highest BCUT2D eigenvalue weighted by atomic mass is 32.2. The normalized spacial score (nSPS) is 16.5. The van der Waals surface area contributed by atoms with E-state index in [2.05, 4.69) is 0 Å². The first-order chi connectivity index (χ1) is 15.6. The number of sulfonamides is 1. The SMILES string of the molecule is COC(=O)C1=C(C(=O)OC)N(S(=O)(=O)c2ccc(C)cc2)C(C(C)C)C=C1c1ccccc1. The number of ether oxygens (including phenoxy) is 2. The van der Waals surface area contributed by atoms with Gasteiger partial charge in [0.15, 0.2) is 5.70 Å². The van der Waals surface area contributed by atoms with Crippen LogP contribution in [0, 0.1) is 12.8 Å². The van der Waals surface area contributed by atoms with Crippen LogP contribution in [0.15, 0.2) is 76.8 Å². The van der Waals surface area contributed by atoms with Crippen molar-refractivity contribution in [3.8, 4) is 0 Å². The third-order valence-corrected chi connectivity index (χ3v) is 7.26. The van der Waals surface area contributed by atoms with Crippen LogP contribution >= 0.6 is 0 Å². The highest BCUT2D eigenvalue weighted by Crippen LogP contribution is 2.40. The first-order valence-electron chi connectivity index (χ1n) is 10.4. The van der Waals surface area contributed by atoms with Crippen molar-refractivity contribution >= 4 is 27.5 Å². The minimum atomic E-state index is -4.24. The van der Waals surface area contributed by atoms with E-state index >= 15 is 0 Å². The van der Waals surface area contributed by atoms with E-state index in [1.807, 2.05) is 26.8 Å². The number of methoxy groups -OCH3 is 2. The lowest BCUT2D eigenvalue weighted by atomic mass is 9.88. The molecule has 0 spiro atoms. The van der Waals surface area contributed by atoms with Crippen LogP contribution in [0.3, 0.4) is 0 Å². The minimum Gasteiger partial charge on any atom is -0.465 e. The summed E-state index contributed by atoms with van der Waals surface area (Å²) in [5.41, 5.74) is 1.42. The Labute approximate surface area is 194 Å². The maximum atomic E-state index is 13.8. The lowest BCUT2D eigenvalue weighted by Crippen LogP contribution is -2.47. The quantitative estimate of drug-likeness (QED) is 0.599. The van der Waals surface area contributed by atoms with Crippen molar-refractivity contribution in [2.75, 3.05) is 14.2 Å². The molecule has 0 aliphatic carbocycles. The second-order valence-electron chi connectivity index (χ2n) is 8.00. The summed E-state index contributed by atoms with van der Waals surface area (Å²) in [4.78, 5) is 26.0. The van der Waals surface area contributed by atoms with Gasteiger partial charge in [0.25, 0.3) is 10.0 Å². The Kier molecular flexibility index (Phi) is 7.07. The van der Waals surface area contributed by atoms with Gasteiger partial charge in [0, 0.05) is 0 Å². The Bertz CT molecular complexity index is 1210. The third-order valence-electron chi connectivity index (χ3n) is 5.45. The molecule has 0 fully saturated rings. The average Bonchev–Trinajstić information content (AvgIpc) is 2.82. The van der Waals surface area contributed by atoms with Crippen LogP contribution in [-0.2, 0) is 29.1 Å². The fraction of sp³-hybridized carbons (Fsp3) is 0.280. The molecule has 1 aliphatic rings. The van der Waals surface area contributed by atoms with Gasteiger partial charge in [-0.3, -0.25) is 4.31 Å². The number of hydrogen-bond acceptors (Lipinski definition) is 6. The fourth-order valence-electron chi connectivity index (χ4n) is 3.73. The molecule has 2 aromatic carbocycles. The summed E-state index contributed by atoms with van der Waals surface area (Å²) in [5, 5.41) is 0. The molecule has 7 nitrogen and oxygen atoms in total. The summed E-state index contributed by atoms with van der Waals surface area (Å²) in [7, 11) is -1.91. The number of carbonyl (C=O) groups excluding carboxylic acids is 2. The van der Waals surface area contributed by atoms with E-state index in [0.717, 1.165) is 17.0 Å². The van der Waals surface area contributed by atoms with Crippen molar-refractivity contribution in [1.82, 2.24) is 4.31 Å². The molecule has 8 heteroatoms. The number of esters is 2. The van der Waals surface area contributed by atoms with Crippen LogP contribution in [0.2, 0.25) is 0 Å². The molecule has 174 valence electrons. The number of carbonyl (C=O) groups is 2. The smallest absolute Gasteiger partial charge is 0.356 e. The largest absolute Gasteiger partial charge is 0.465 e. The molecule has 1 heterocycles. The fourth-order valence-corrected chi connectivity index (χ4v) is 5.47. The second kappa shape index (κ2) is 9.62. The van der Waals surface area contributed by atoms with Gasteiger partial charge in [-0.15, -0.1) is 0 Å². The Balaban J connectivity index is 2.39. The molecule has 0 N–H and O–H groups in total. The molecule has 1 atom stereocenters. The lowest BCUT2D eigenvalue weighted by molar-refractivity contribution is -0.140. The van der Waals surface area contributed by atoms with E-state index in [0.29, 0.717) is 11.1 Å². The monoisotopic (exact) mass is 469 g/mol. The van der Waals surface area contributed by atoms with Gasteiger partial charge in [0.05, 0.1) is 30.7 Å². The van der Waals surface area contributed by atoms with Crippen LogP contribution in [0.25, 0.3) is 5.57 Å². The Hall–Kier alpha value is -3.39. The van der Waals surface area contributed by atoms with E-state index < -0.39 is 28.0 Å². The predicted molar refractivity (Wildman–Crippen MR) is 124 cm³/mol. The van der Waals surface area contributed by atoms with Crippen molar-refractivity contribution in [3.63, 3.8) is 0 Å². The Morgan fingerprint density at radius 1 is 0.909 bits per heavy atom. The van der Waals surface area contributed by atoms with Crippen LogP contribution in [0.1, 0.15) is 25.0 Å². The molecule has 0 saturated heterocycles. The number of nitrogens with zero attached hydrogens (tertiary/aromatic N) is 1. The first kappa shape index (κ1) is 24.3. The molecule has 1 unspecified atom stereocenters. The maximum Gasteiger partial charge on any atom is 0.356 e. The number of rotatable bonds is 6. The average molecular weight is 470 g/mol. The van der Waals surface area contributed by atoms with Gasteiger partial charge in [0.1, 0.15) is 0 Å². The topological polar surface area (TPSA) is 90.0 Å². The number of hydrogen-bond donors (Lipinski definition) is 0. The highest BCUT2D eigenvalue weighted by molar-refractivity contribution is 7.89. The molecule has 0 bridgehead atoms. The van der Waals surface area contributed by atoms with Crippen molar-refractivity contribution in [2.45, 2.75) is 31.7 Å². The van der Waals surface area contributed by atoms with Gasteiger partial charge in [-0.25, -0.2) is 18.0 Å². The van der Waals surface area contributed by atoms with E-state index in [4.69, 9.17) is 9.47 Å².